The first-order chi connectivity index (χ1) is 11.6. The number of aromatic nitrogens is 2. The number of halogens is 1. The molecule has 1 aromatic heterocycles. The van der Waals surface area contributed by atoms with Crippen molar-refractivity contribution in [3.05, 3.63) is 46.7 Å². The van der Waals surface area contributed by atoms with Gasteiger partial charge >= 0.3 is 6.03 Å². The van der Waals surface area contributed by atoms with Crippen LogP contribution in [0.25, 0.3) is 0 Å². The maximum atomic E-state index is 12.4. The van der Waals surface area contributed by atoms with Gasteiger partial charge in [0, 0.05) is 49.4 Å². The zero-order valence-corrected chi connectivity index (χ0v) is 14.6. The van der Waals surface area contributed by atoms with Gasteiger partial charge < -0.3 is 15.0 Å². The zero-order chi connectivity index (χ0) is 17.1. The number of carbonyl (C=O) groups excluding carboxylic acids is 1. The van der Waals surface area contributed by atoms with E-state index < -0.39 is 0 Å². The van der Waals surface area contributed by atoms with Gasteiger partial charge in [0.15, 0.2) is 0 Å². The second kappa shape index (κ2) is 7.13. The average molecular weight is 349 g/mol. The molecule has 1 aliphatic rings. The Morgan fingerprint density at radius 2 is 2.33 bits per heavy atom. The lowest BCUT2D eigenvalue weighted by Crippen LogP contribution is -2.38. The number of urea groups is 1. The number of rotatable bonds is 4. The van der Waals surface area contributed by atoms with Gasteiger partial charge in [0.2, 0.25) is 0 Å². The van der Waals surface area contributed by atoms with Crippen molar-refractivity contribution in [1.29, 1.82) is 0 Å². The van der Waals surface area contributed by atoms with Gasteiger partial charge in [-0.3, -0.25) is 4.68 Å². The van der Waals surface area contributed by atoms with E-state index in [2.05, 4.69) is 10.4 Å². The van der Waals surface area contributed by atoms with Gasteiger partial charge in [-0.1, -0.05) is 17.7 Å². The molecule has 0 bridgehead atoms. The lowest BCUT2D eigenvalue weighted by molar-refractivity contribution is 0.207. The average Bonchev–Trinajstić information content (AvgIpc) is 3.22. The number of hydrogen-bond donors (Lipinski definition) is 1. The van der Waals surface area contributed by atoms with E-state index in [1.54, 1.807) is 17.9 Å². The maximum absolute atomic E-state index is 12.4. The van der Waals surface area contributed by atoms with Crippen LogP contribution in [0.3, 0.4) is 0 Å². The van der Waals surface area contributed by atoms with Gasteiger partial charge in [-0.2, -0.15) is 5.10 Å². The Hall–Kier alpha value is -2.21. The minimum absolute atomic E-state index is 0.0802. The number of ether oxygens (including phenoxy) is 1. The summed E-state index contributed by atoms with van der Waals surface area (Å²) in [6, 6.07) is 5.37. The Labute approximate surface area is 146 Å². The fourth-order valence-electron chi connectivity index (χ4n) is 3.05. The van der Waals surface area contributed by atoms with Gasteiger partial charge in [0.05, 0.1) is 13.3 Å². The Bertz CT molecular complexity index is 731. The van der Waals surface area contributed by atoms with E-state index in [4.69, 9.17) is 16.3 Å². The third kappa shape index (κ3) is 3.48. The SMILES string of the molecule is COc1cccc(Cl)c1CNC(=O)N1CC[C@@H](c2cnn(C)c2)C1. The van der Waals surface area contributed by atoms with Crippen LogP contribution in [0.1, 0.15) is 23.5 Å². The van der Waals surface area contributed by atoms with Crippen molar-refractivity contribution in [2.75, 3.05) is 20.2 Å². The molecule has 128 valence electrons. The topological polar surface area (TPSA) is 59.4 Å². The predicted molar refractivity (Wildman–Crippen MR) is 92.4 cm³/mol. The first-order valence-corrected chi connectivity index (χ1v) is 8.29. The van der Waals surface area contributed by atoms with E-state index in [9.17, 15) is 4.79 Å². The molecule has 1 aliphatic heterocycles. The summed E-state index contributed by atoms with van der Waals surface area (Å²) < 4.78 is 7.10. The molecule has 24 heavy (non-hydrogen) atoms. The highest BCUT2D eigenvalue weighted by Gasteiger charge is 2.28. The van der Waals surface area contributed by atoms with Crippen molar-refractivity contribution in [1.82, 2.24) is 20.0 Å². The van der Waals surface area contributed by atoms with Crippen LogP contribution in [0.15, 0.2) is 30.6 Å². The minimum Gasteiger partial charge on any atom is -0.496 e. The highest BCUT2D eigenvalue weighted by molar-refractivity contribution is 6.31. The van der Waals surface area contributed by atoms with E-state index in [0.717, 1.165) is 18.5 Å². The fourth-order valence-corrected chi connectivity index (χ4v) is 3.28. The molecule has 7 heteroatoms. The molecule has 0 aliphatic carbocycles. The monoisotopic (exact) mass is 348 g/mol. The Morgan fingerprint density at radius 3 is 3.04 bits per heavy atom. The van der Waals surface area contributed by atoms with E-state index >= 15 is 0 Å². The molecule has 1 aromatic carbocycles. The van der Waals surface area contributed by atoms with E-state index in [1.165, 1.54) is 5.56 Å². The number of nitrogens with one attached hydrogen (secondary N) is 1. The molecule has 1 fully saturated rings. The Kier molecular flexibility index (Phi) is 4.94. The van der Waals surface area contributed by atoms with Crippen LogP contribution < -0.4 is 10.1 Å². The van der Waals surface area contributed by atoms with Crippen LogP contribution >= 0.6 is 11.6 Å². The number of amides is 2. The van der Waals surface area contributed by atoms with Crippen molar-refractivity contribution in [3.8, 4) is 5.75 Å². The lowest BCUT2D eigenvalue weighted by Gasteiger charge is -2.18. The summed E-state index contributed by atoms with van der Waals surface area (Å²) >= 11 is 6.20. The molecule has 1 N–H and O–H groups in total. The largest absolute Gasteiger partial charge is 0.496 e. The Balaban J connectivity index is 1.59. The van der Waals surface area contributed by atoms with Crippen LogP contribution in [0.2, 0.25) is 5.02 Å². The molecule has 1 atom stereocenters. The molecule has 0 radical (unpaired) electrons. The second-order valence-corrected chi connectivity index (χ2v) is 6.37. The summed E-state index contributed by atoms with van der Waals surface area (Å²) in [5.41, 5.74) is 1.97. The van der Waals surface area contributed by atoms with Crippen molar-refractivity contribution < 1.29 is 9.53 Å². The molecule has 2 heterocycles. The van der Waals surface area contributed by atoms with Crippen LogP contribution in [-0.4, -0.2) is 40.9 Å². The minimum atomic E-state index is -0.0802. The molecule has 0 saturated carbocycles. The highest BCUT2D eigenvalue weighted by atomic mass is 35.5. The first kappa shape index (κ1) is 16.6. The first-order valence-electron chi connectivity index (χ1n) is 7.91. The summed E-state index contributed by atoms with van der Waals surface area (Å²) in [6.45, 7) is 1.79. The van der Waals surface area contributed by atoms with Crippen LogP contribution in [0.4, 0.5) is 4.79 Å². The Morgan fingerprint density at radius 1 is 1.50 bits per heavy atom. The number of aryl methyl sites for hydroxylation is 1. The zero-order valence-electron chi connectivity index (χ0n) is 13.8. The van der Waals surface area contributed by atoms with Crippen LogP contribution in [0, 0.1) is 0 Å². The lowest BCUT2D eigenvalue weighted by atomic mass is 10.0. The van der Waals surface area contributed by atoms with Crippen molar-refractivity contribution in [2.45, 2.75) is 18.9 Å². The quantitative estimate of drug-likeness (QED) is 0.924. The van der Waals surface area contributed by atoms with E-state index in [-0.39, 0.29) is 6.03 Å². The third-order valence-electron chi connectivity index (χ3n) is 4.38. The van der Waals surface area contributed by atoms with Crippen LogP contribution in [0.5, 0.6) is 5.75 Å². The molecular formula is C17H21ClN4O2. The van der Waals surface area contributed by atoms with E-state index in [0.29, 0.717) is 29.8 Å². The molecule has 1 saturated heterocycles. The molecule has 2 aromatic rings. The summed E-state index contributed by atoms with van der Waals surface area (Å²) in [4.78, 5) is 14.3. The molecule has 6 nitrogen and oxygen atoms in total. The van der Waals surface area contributed by atoms with Crippen molar-refractivity contribution in [3.63, 3.8) is 0 Å². The van der Waals surface area contributed by atoms with Gasteiger partial charge in [-0.15, -0.1) is 0 Å². The summed E-state index contributed by atoms with van der Waals surface area (Å²) in [7, 11) is 3.50. The van der Waals surface area contributed by atoms with Crippen molar-refractivity contribution in [2.24, 2.45) is 7.05 Å². The number of carbonyl (C=O) groups is 1. The standard InChI is InChI=1S/C17H21ClN4O2/c1-21-10-13(8-20-21)12-6-7-22(11-12)17(23)19-9-14-15(18)4-3-5-16(14)24-2/h3-5,8,10,12H,6-7,9,11H2,1-2H3,(H,19,23)/t12-/m1/s1. The predicted octanol–water partition coefficient (Wildman–Crippen LogP) is 2.78. The number of nitrogens with zero attached hydrogens (tertiary/aromatic N) is 3. The summed E-state index contributed by atoms with van der Waals surface area (Å²) in [5, 5.41) is 7.73. The van der Waals surface area contributed by atoms with E-state index in [1.807, 2.05) is 36.5 Å². The van der Waals surface area contributed by atoms with Gasteiger partial charge in [0.25, 0.3) is 0 Å². The molecular weight excluding hydrogens is 328 g/mol. The van der Waals surface area contributed by atoms with Crippen molar-refractivity contribution >= 4 is 17.6 Å². The van der Waals surface area contributed by atoms with Gasteiger partial charge in [-0.05, 0) is 24.1 Å². The molecule has 2 amide bonds. The van der Waals surface area contributed by atoms with Gasteiger partial charge in [-0.25, -0.2) is 4.79 Å². The smallest absolute Gasteiger partial charge is 0.317 e. The normalized spacial score (nSPS) is 17.1. The van der Waals surface area contributed by atoms with Gasteiger partial charge in [0.1, 0.15) is 5.75 Å². The highest BCUT2D eigenvalue weighted by Crippen LogP contribution is 2.28. The summed E-state index contributed by atoms with van der Waals surface area (Å²) in [6.07, 6.45) is 4.84. The number of likely N-dealkylation sites (tertiary alicyclic amines) is 1. The number of benzene rings is 1. The summed E-state index contributed by atoms with van der Waals surface area (Å²) in [5.74, 6) is 1.02. The number of hydrogen-bond acceptors (Lipinski definition) is 3. The maximum Gasteiger partial charge on any atom is 0.317 e. The number of methoxy groups -OCH3 is 1. The van der Waals surface area contributed by atoms with Crippen LogP contribution in [-0.2, 0) is 13.6 Å². The fraction of sp³-hybridized carbons (Fsp3) is 0.412. The molecule has 0 spiro atoms. The molecule has 3 rings (SSSR count). The molecule has 0 unspecified atom stereocenters. The third-order valence-corrected chi connectivity index (χ3v) is 4.74. The second-order valence-electron chi connectivity index (χ2n) is 5.96.